The normalized spacial score (nSPS) is 13.7. The summed E-state index contributed by atoms with van der Waals surface area (Å²) in [6, 6.07) is 15.6. The predicted octanol–water partition coefficient (Wildman–Crippen LogP) is 5.81. The second-order valence-electron chi connectivity index (χ2n) is 8.60. The molecule has 1 aromatic heterocycles. The molecule has 3 aromatic carbocycles. The van der Waals surface area contributed by atoms with Crippen LogP contribution in [0.3, 0.4) is 0 Å². The van der Waals surface area contributed by atoms with Gasteiger partial charge in [-0.25, -0.2) is 4.39 Å². The van der Waals surface area contributed by atoms with Crippen molar-refractivity contribution in [3.05, 3.63) is 105 Å². The number of nitrogens with zero attached hydrogens (tertiary/aromatic N) is 2. The summed E-state index contributed by atoms with van der Waals surface area (Å²) in [5.74, 6) is -0.541. The molecule has 7 N–H and O–H groups in total. The molecular formula is C27H22Cl2FN7. The SMILES string of the molecule is N#Cc1cnc2c(Cl)cc(N[C@H](/C(N)=C/N)c3cccc4c3CNC4)cc2c1Nc1ccc(F)c(Cl)c1. The first kappa shape index (κ1) is 24.7. The van der Waals surface area contributed by atoms with E-state index in [1.807, 2.05) is 18.2 Å². The number of rotatable bonds is 6. The van der Waals surface area contributed by atoms with E-state index in [0.29, 0.717) is 38.7 Å². The molecule has 186 valence electrons. The van der Waals surface area contributed by atoms with Gasteiger partial charge in [-0.05, 0) is 47.0 Å². The predicted molar refractivity (Wildman–Crippen MR) is 146 cm³/mol. The van der Waals surface area contributed by atoms with Crippen molar-refractivity contribution in [3.63, 3.8) is 0 Å². The molecule has 2 heterocycles. The van der Waals surface area contributed by atoms with Gasteiger partial charge in [0.1, 0.15) is 11.9 Å². The average Bonchev–Trinajstić information content (AvgIpc) is 3.39. The zero-order valence-corrected chi connectivity index (χ0v) is 21.0. The lowest BCUT2D eigenvalue weighted by Gasteiger charge is -2.24. The Bertz CT molecular complexity index is 1600. The second kappa shape index (κ2) is 10.1. The molecule has 5 rings (SSSR count). The van der Waals surface area contributed by atoms with E-state index in [1.165, 1.54) is 41.7 Å². The van der Waals surface area contributed by atoms with Gasteiger partial charge in [0.25, 0.3) is 0 Å². The molecule has 1 atom stereocenters. The number of hydrogen-bond donors (Lipinski definition) is 5. The summed E-state index contributed by atoms with van der Waals surface area (Å²) in [6.45, 7) is 1.51. The summed E-state index contributed by atoms with van der Waals surface area (Å²) in [6.07, 6.45) is 2.82. The Kier molecular flexibility index (Phi) is 6.76. The van der Waals surface area contributed by atoms with Crippen LogP contribution in [0.1, 0.15) is 28.3 Å². The van der Waals surface area contributed by atoms with Crippen LogP contribution in [0.5, 0.6) is 0 Å². The highest BCUT2D eigenvalue weighted by molar-refractivity contribution is 6.36. The minimum atomic E-state index is -0.541. The number of nitrogens with two attached hydrogens (primary N) is 2. The van der Waals surface area contributed by atoms with Gasteiger partial charge in [0.05, 0.1) is 38.6 Å². The fourth-order valence-corrected chi connectivity index (χ4v) is 4.96. The van der Waals surface area contributed by atoms with Crippen molar-refractivity contribution < 1.29 is 4.39 Å². The van der Waals surface area contributed by atoms with Crippen LogP contribution in [0.25, 0.3) is 10.9 Å². The Hall–Kier alpha value is -4.03. The highest BCUT2D eigenvalue weighted by atomic mass is 35.5. The molecule has 0 aliphatic carbocycles. The summed E-state index contributed by atoms with van der Waals surface area (Å²) in [5, 5.41) is 20.7. The largest absolute Gasteiger partial charge is 0.403 e. The summed E-state index contributed by atoms with van der Waals surface area (Å²) < 4.78 is 13.7. The van der Waals surface area contributed by atoms with Gasteiger partial charge < -0.3 is 27.4 Å². The van der Waals surface area contributed by atoms with E-state index < -0.39 is 11.9 Å². The molecular weight excluding hydrogens is 512 g/mol. The quantitative estimate of drug-likeness (QED) is 0.211. The lowest BCUT2D eigenvalue weighted by Crippen LogP contribution is -2.21. The molecule has 7 nitrogen and oxygen atoms in total. The maximum atomic E-state index is 13.7. The molecule has 0 saturated carbocycles. The van der Waals surface area contributed by atoms with E-state index in [2.05, 4.69) is 33.1 Å². The van der Waals surface area contributed by atoms with E-state index in [9.17, 15) is 9.65 Å². The van der Waals surface area contributed by atoms with E-state index >= 15 is 0 Å². The van der Waals surface area contributed by atoms with Crippen molar-refractivity contribution in [3.8, 4) is 6.07 Å². The van der Waals surface area contributed by atoms with Crippen LogP contribution in [0.15, 0.2) is 66.6 Å². The van der Waals surface area contributed by atoms with Gasteiger partial charge in [-0.3, -0.25) is 4.98 Å². The number of halogens is 3. The van der Waals surface area contributed by atoms with Crippen LogP contribution >= 0.6 is 23.2 Å². The zero-order chi connectivity index (χ0) is 26.1. The Morgan fingerprint density at radius 3 is 2.70 bits per heavy atom. The van der Waals surface area contributed by atoms with Gasteiger partial charge in [-0.15, -0.1) is 0 Å². The smallest absolute Gasteiger partial charge is 0.141 e. The first-order valence-corrected chi connectivity index (χ1v) is 12.1. The number of pyridine rings is 1. The van der Waals surface area contributed by atoms with Crippen LogP contribution < -0.4 is 27.4 Å². The highest BCUT2D eigenvalue weighted by Gasteiger charge is 2.23. The first-order chi connectivity index (χ1) is 17.9. The van der Waals surface area contributed by atoms with Gasteiger partial charge >= 0.3 is 0 Å². The summed E-state index contributed by atoms with van der Waals surface area (Å²) in [5.41, 5.74) is 18.4. The molecule has 0 spiro atoms. The maximum absolute atomic E-state index is 13.7. The lowest BCUT2D eigenvalue weighted by atomic mass is 9.95. The molecule has 0 amide bonds. The number of benzene rings is 3. The van der Waals surface area contributed by atoms with Gasteiger partial charge in [0.2, 0.25) is 0 Å². The van der Waals surface area contributed by atoms with Crippen molar-refractivity contribution in [2.24, 2.45) is 11.5 Å². The Labute approximate surface area is 222 Å². The number of nitriles is 1. The lowest BCUT2D eigenvalue weighted by molar-refractivity contribution is 0.628. The summed E-state index contributed by atoms with van der Waals surface area (Å²) in [4.78, 5) is 4.39. The van der Waals surface area contributed by atoms with E-state index in [1.54, 1.807) is 6.07 Å². The molecule has 4 aromatic rings. The van der Waals surface area contributed by atoms with Crippen molar-refractivity contribution in [1.82, 2.24) is 10.3 Å². The van der Waals surface area contributed by atoms with E-state index in [4.69, 9.17) is 34.7 Å². The van der Waals surface area contributed by atoms with E-state index in [0.717, 1.165) is 18.7 Å². The molecule has 1 aliphatic rings. The van der Waals surface area contributed by atoms with Gasteiger partial charge in [0, 0.05) is 42.2 Å². The third-order valence-electron chi connectivity index (χ3n) is 6.31. The molecule has 10 heteroatoms. The third kappa shape index (κ3) is 4.72. The van der Waals surface area contributed by atoms with Crippen molar-refractivity contribution in [2.75, 3.05) is 10.6 Å². The van der Waals surface area contributed by atoms with E-state index in [-0.39, 0.29) is 10.6 Å². The van der Waals surface area contributed by atoms with Gasteiger partial charge in [-0.2, -0.15) is 5.26 Å². The number of anilines is 3. The maximum Gasteiger partial charge on any atom is 0.141 e. The minimum absolute atomic E-state index is 0.0426. The van der Waals surface area contributed by atoms with Crippen molar-refractivity contribution in [1.29, 1.82) is 5.26 Å². The average molecular weight is 534 g/mol. The van der Waals surface area contributed by atoms with Gasteiger partial charge in [-0.1, -0.05) is 41.4 Å². The highest BCUT2D eigenvalue weighted by Crippen LogP contribution is 2.37. The fraction of sp³-hybridized carbons (Fsp3) is 0.111. The van der Waals surface area contributed by atoms with Crippen LogP contribution in [0.4, 0.5) is 21.5 Å². The molecule has 0 radical (unpaired) electrons. The molecule has 1 aliphatic heterocycles. The van der Waals surface area contributed by atoms with Crippen molar-refractivity contribution in [2.45, 2.75) is 19.1 Å². The first-order valence-electron chi connectivity index (χ1n) is 11.4. The van der Waals surface area contributed by atoms with Crippen LogP contribution in [0.2, 0.25) is 10.0 Å². The topological polar surface area (TPSA) is 125 Å². The molecule has 0 fully saturated rings. The number of aromatic nitrogens is 1. The number of fused-ring (bicyclic) bond motifs is 2. The van der Waals surface area contributed by atoms with Crippen LogP contribution in [-0.4, -0.2) is 4.98 Å². The summed E-state index contributed by atoms with van der Waals surface area (Å²) in [7, 11) is 0. The van der Waals surface area contributed by atoms with Crippen molar-refractivity contribution >= 4 is 51.2 Å². The third-order valence-corrected chi connectivity index (χ3v) is 6.89. The Balaban J connectivity index is 1.61. The summed E-state index contributed by atoms with van der Waals surface area (Å²) >= 11 is 12.6. The molecule has 0 bridgehead atoms. The zero-order valence-electron chi connectivity index (χ0n) is 19.4. The minimum Gasteiger partial charge on any atom is -0.403 e. The standard InChI is InChI=1S/C27H22Cl2FN7/c28-21-7-16(4-5-23(21)30)36-25-15(9-31)12-35-26-19(25)6-17(8-22(26)29)37-27(24(33)10-32)18-3-1-2-14-11-34-13-20(14)18/h1-8,10,12,27,34,37H,11,13,32-33H2,(H,35,36)/b24-10-/t27-/m0/s1. The number of nitrogens with one attached hydrogen (secondary N) is 3. The second-order valence-corrected chi connectivity index (χ2v) is 9.41. The van der Waals surface area contributed by atoms with Crippen LogP contribution in [-0.2, 0) is 13.1 Å². The monoisotopic (exact) mass is 533 g/mol. The Morgan fingerprint density at radius 1 is 1.14 bits per heavy atom. The molecule has 0 unspecified atom stereocenters. The van der Waals surface area contributed by atoms with Gasteiger partial charge in [0.15, 0.2) is 0 Å². The molecule has 37 heavy (non-hydrogen) atoms. The fourth-order valence-electron chi connectivity index (χ4n) is 4.51. The van der Waals surface area contributed by atoms with Crippen LogP contribution in [0, 0.1) is 17.1 Å². The Morgan fingerprint density at radius 2 is 1.95 bits per heavy atom. The molecule has 0 saturated heterocycles. The number of hydrogen-bond acceptors (Lipinski definition) is 7.